The highest BCUT2D eigenvalue weighted by Crippen LogP contribution is 2.38. The van der Waals surface area contributed by atoms with Crippen LogP contribution in [0, 0.1) is 11.8 Å². The van der Waals surface area contributed by atoms with Crippen molar-refractivity contribution in [2.75, 3.05) is 7.05 Å². The molecule has 0 spiro atoms. The Hall–Kier alpha value is -3.44. The lowest BCUT2D eigenvalue weighted by Crippen LogP contribution is -2.62. The predicted molar refractivity (Wildman–Crippen MR) is 239 cm³/mol. The van der Waals surface area contributed by atoms with E-state index < -0.39 is 147 Å². The normalized spacial score (nSPS) is 44.3. The maximum absolute atomic E-state index is 13.2. The minimum atomic E-state index is -2.24. The number of esters is 1. The number of allylic oxidation sites excluding steroid dienone is 12. The summed E-state index contributed by atoms with van der Waals surface area (Å²) < 4.78 is 23.4. The van der Waals surface area contributed by atoms with Crippen molar-refractivity contribution in [1.82, 2.24) is 5.32 Å². The summed E-state index contributed by atoms with van der Waals surface area (Å²) in [5.41, 5.74) is 6.06. The second-order valence-electron chi connectivity index (χ2n) is 17.3. The fourth-order valence-electron chi connectivity index (χ4n) is 7.87. The summed E-state index contributed by atoms with van der Waals surface area (Å²) in [6.07, 6.45) is 5.29. The first-order valence-electron chi connectivity index (χ1n) is 22.4. The molecule has 13 N–H and O–H groups in total. The molecule has 3 aliphatic rings. The summed E-state index contributed by atoms with van der Waals surface area (Å²) in [7, 11) is 1.37. The molecule has 0 aliphatic carbocycles. The molecule has 0 radical (unpaired) electrons. The summed E-state index contributed by atoms with van der Waals surface area (Å²) in [6.45, 7) is 4.94. The van der Waals surface area contributed by atoms with Gasteiger partial charge in [-0.25, -0.2) is 0 Å². The number of cyclic esters (lactones) is 1. The molecule has 3 rings (SSSR count). The second kappa shape index (κ2) is 28.0. The van der Waals surface area contributed by atoms with Gasteiger partial charge in [-0.15, -0.1) is 0 Å². The van der Waals surface area contributed by atoms with Gasteiger partial charge in [0.1, 0.15) is 12.2 Å². The number of hydrogen-bond acceptors (Lipinski definition) is 17. The van der Waals surface area contributed by atoms with Gasteiger partial charge >= 0.3 is 5.97 Å². The van der Waals surface area contributed by atoms with Crippen LogP contribution in [0.25, 0.3) is 0 Å². The minimum Gasteiger partial charge on any atom is -0.462 e. The Morgan fingerprint density at radius 2 is 1.31 bits per heavy atom. The molecule has 0 saturated carbocycles. The SMILES string of the molecule is CNC(=O)[C@H]1[C@@H]2C[C@@H](O[C@@H]3O[C@H](C)[C@@H](O)[C@H](N)[C@H]3O)/C=C/C=C/C=C/C=C/C=C/C=C/C=C/C[C@@H](O)[C@@H](C)[C@H](C)OC(=O)C[C@H](O)C[C@H](O)CC[C@@H](O)[C@H](O)C[C@H](O)C[C@](O)(C[C@@H]1O)O2. The van der Waals surface area contributed by atoms with Crippen molar-refractivity contribution in [3.8, 4) is 0 Å². The smallest absolute Gasteiger partial charge is 0.308 e. The van der Waals surface area contributed by atoms with Crippen molar-refractivity contribution in [3.05, 3.63) is 85.1 Å². The van der Waals surface area contributed by atoms with E-state index in [1.54, 1.807) is 81.5 Å². The number of carbonyl (C=O) groups is 2. The van der Waals surface area contributed by atoms with E-state index in [1.807, 2.05) is 24.3 Å². The molecule has 18 atom stereocenters. The van der Waals surface area contributed by atoms with Gasteiger partial charge in [0.15, 0.2) is 12.1 Å². The van der Waals surface area contributed by atoms with E-state index in [1.165, 1.54) is 7.05 Å². The summed E-state index contributed by atoms with van der Waals surface area (Å²) in [4.78, 5) is 25.7. The van der Waals surface area contributed by atoms with Crippen molar-refractivity contribution in [2.45, 2.75) is 176 Å². The van der Waals surface area contributed by atoms with Crippen molar-refractivity contribution < 1.29 is 79.6 Å². The highest BCUT2D eigenvalue weighted by molar-refractivity contribution is 5.79. The van der Waals surface area contributed by atoms with Gasteiger partial charge in [-0.2, -0.15) is 0 Å². The van der Waals surface area contributed by atoms with E-state index in [9.17, 15) is 60.7 Å². The highest BCUT2D eigenvalue weighted by atomic mass is 16.7. The molecule has 18 heteroatoms. The number of aliphatic hydroxyl groups is 10. The van der Waals surface area contributed by atoms with Gasteiger partial charge < -0.3 is 81.1 Å². The number of carbonyl (C=O) groups excluding carboxylic acids is 2. The van der Waals surface area contributed by atoms with Crippen LogP contribution >= 0.6 is 0 Å². The van der Waals surface area contributed by atoms with E-state index in [0.29, 0.717) is 6.42 Å². The quantitative estimate of drug-likeness (QED) is 0.167. The van der Waals surface area contributed by atoms with Gasteiger partial charge in [0.2, 0.25) is 5.91 Å². The Balaban J connectivity index is 1.86. The topological polar surface area (TPSA) is 311 Å². The first kappa shape index (κ1) is 55.9. The monoisotopic (exact) mass is 923 g/mol. The van der Waals surface area contributed by atoms with Crippen molar-refractivity contribution in [1.29, 1.82) is 0 Å². The van der Waals surface area contributed by atoms with E-state index >= 15 is 0 Å². The number of nitrogens with one attached hydrogen (secondary N) is 1. The van der Waals surface area contributed by atoms with Crippen LogP contribution in [-0.4, -0.2) is 167 Å². The van der Waals surface area contributed by atoms with Crippen molar-refractivity contribution in [2.24, 2.45) is 17.6 Å². The zero-order valence-electron chi connectivity index (χ0n) is 37.8. The number of amides is 1. The van der Waals surface area contributed by atoms with Crippen LogP contribution in [0.3, 0.4) is 0 Å². The largest absolute Gasteiger partial charge is 0.462 e. The van der Waals surface area contributed by atoms with Crippen LogP contribution in [-0.2, 0) is 28.5 Å². The zero-order chi connectivity index (χ0) is 48.3. The first-order chi connectivity index (χ1) is 30.7. The summed E-state index contributed by atoms with van der Waals surface area (Å²) in [6, 6.07) is -1.12. The number of ether oxygens (including phenoxy) is 4. The fraction of sp³-hybridized carbons (Fsp3) is 0.660. The number of fused-ring (bicyclic) bond motifs is 2. The van der Waals surface area contributed by atoms with Gasteiger partial charge in [0.25, 0.3) is 0 Å². The summed E-state index contributed by atoms with van der Waals surface area (Å²) in [5.74, 6) is -5.23. The molecule has 0 aromatic carbocycles. The lowest BCUT2D eigenvalue weighted by molar-refractivity contribution is -0.307. The van der Waals surface area contributed by atoms with Crippen molar-refractivity contribution >= 4 is 11.9 Å². The molecule has 1 amide bonds. The Labute approximate surface area is 381 Å². The molecular formula is C47H74N2O16. The number of rotatable bonds is 3. The van der Waals surface area contributed by atoms with Crippen LogP contribution < -0.4 is 11.1 Å². The standard InChI is InChI=1S/C47H74N2O16/c1-28-29(2)62-40(57)24-32(51)22-31(50)20-21-36(54)37(55)23-33(52)26-47(61)27-38(56)41(45(60)49-4)39(65-47)25-34(64-46-44(59)42(48)43(58)30(3)63-46)18-16-14-12-10-8-6-5-7-9-11-13-15-17-19-35(28)53/h5-18,28-39,41-44,46,50-56,58-59,61H,19-27,48H2,1-4H3,(H,49,60)/b6-5+,9-7+,10-8+,13-11+,14-12+,17-15+,18-16+/t28-,29-,30+,31+,32+,33-,34-,35+,36+,37+,38-,39-,41+,42-,43+,44+,46-,47+/m0/s1. The molecule has 2 bridgehead atoms. The number of nitrogens with two attached hydrogens (primary N) is 1. The van der Waals surface area contributed by atoms with Gasteiger partial charge in [0, 0.05) is 38.6 Å². The third kappa shape index (κ3) is 19.0. The lowest BCUT2D eigenvalue weighted by atomic mass is 9.82. The third-order valence-corrected chi connectivity index (χ3v) is 11.9. The molecule has 2 fully saturated rings. The Morgan fingerprint density at radius 3 is 1.92 bits per heavy atom. The highest BCUT2D eigenvalue weighted by Gasteiger charge is 2.50. The molecule has 3 aliphatic heterocycles. The van der Waals surface area contributed by atoms with Crippen LogP contribution in [0.1, 0.15) is 78.6 Å². The fourth-order valence-corrected chi connectivity index (χ4v) is 7.87. The van der Waals surface area contributed by atoms with E-state index in [0.717, 1.165) is 0 Å². The van der Waals surface area contributed by atoms with Crippen LogP contribution in [0.5, 0.6) is 0 Å². The molecule has 0 aromatic rings. The van der Waals surface area contributed by atoms with Gasteiger partial charge in [-0.3, -0.25) is 9.59 Å². The summed E-state index contributed by atoms with van der Waals surface area (Å²) in [5, 5.41) is 111. The molecule has 2 saturated heterocycles. The summed E-state index contributed by atoms with van der Waals surface area (Å²) >= 11 is 0. The predicted octanol–water partition coefficient (Wildman–Crippen LogP) is 0.127. The average molecular weight is 923 g/mol. The number of aliphatic hydroxyl groups excluding tert-OH is 9. The van der Waals surface area contributed by atoms with Crippen LogP contribution in [0.4, 0.5) is 0 Å². The molecule has 368 valence electrons. The lowest BCUT2D eigenvalue weighted by Gasteiger charge is -2.46. The van der Waals surface area contributed by atoms with Crippen LogP contribution in [0.2, 0.25) is 0 Å². The third-order valence-electron chi connectivity index (χ3n) is 11.9. The van der Waals surface area contributed by atoms with E-state index in [-0.39, 0.29) is 25.7 Å². The maximum atomic E-state index is 13.2. The molecule has 3 heterocycles. The van der Waals surface area contributed by atoms with E-state index in [4.69, 9.17) is 24.7 Å². The maximum Gasteiger partial charge on any atom is 0.308 e. The Kier molecular flexibility index (Phi) is 24.1. The second-order valence-corrected chi connectivity index (χ2v) is 17.3. The average Bonchev–Trinajstić information content (AvgIpc) is 3.23. The first-order valence-corrected chi connectivity index (χ1v) is 22.4. The van der Waals surface area contributed by atoms with Gasteiger partial charge in [-0.05, 0) is 39.5 Å². The molecule has 0 unspecified atom stereocenters. The Morgan fingerprint density at radius 1 is 0.708 bits per heavy atom. The zero-order valence-corrected chi connectivity index (χ0v) is 37.8. The molecule has 18 nitrogen and oxygen atoms in total. The minimum absolute atomic E-state index is 0.0869. The molecule has 0 aromatic heterocycles. The van der Waals surface area contributed by atoms with Gasteiger partial charge in [0.05, 0.1) is 85.5 Å². The van der Waals surface area contributed by atoms with E-state index in [2.05, 4.69) is 5.32 Å². The Bertz CT molecular complexity index is 1650. The van der Waals surface area contributed by atoms with Gasteiger partial charge in [-0.1, -0.05) is 92.0 Å². The van der Waals surface area contributed by atoms with Crippen LogP contribution in [0.15, 0.2) is 85.1 Å². The van der Waals surface area contributed by atoms with Crippen molar-refractivity contribution in [3.63, 3.8) is 0 Å². The molecular weight excluding hydrogens is 849 g/mol. The number of hydrogen-bond donors (Lipinski definition) is 12. The molecule has 65 heavy (non-hydrogen) atoms.